The number of benzene rings is 3. The van der Waals surface area contributed by atoms with Crippen LogP contribution in [0.15, 0.2) is 66.7 Å². The number of carbonyl (C=O) groups excluding carboxylic acids is 2. The zero-order valence-corrected chi connectivity index (χ0v) is 39.2. The van der Waals surface area contributed by atoms with Gasteiger partial charge in [-0.3, -0.25) is 9.59 Å². The third-order valence-corrected chi connectivity index (χ3v) is 12.6. The van der Waals surface area contributed by atoms with Crippen LogP contribution in [0.2, 0.25) is 0 Å². The third kappa shape index (κ3) is 13.7. The minimum absolute atomic E-state index is 0.00907. The van der Waals surface area contributed by atoms with Gasteiger partial charge in [-0.2, -0.15) is 13.2 Å². The van der Waals surface area contributed by atoms with Crippen LogP contribution >= 0.6 is 0 Å². The van der Waals surface area contributed by atoms with E-state index in [1.54, 1.807) is 36.4 Å². The number of likely N-dealkylation sites (N-methyl/N-ethyl adjacent to an activating group) is 1. The summed E-state index contributed by atoms with van der Waals surface area (Å²) in [4.78, 5) is 30.7. The molecule has 0 aliphatic carbocycles. The van der Waals surface area contributed by atoms with Crippen molar-refractivity contribution in [1.29, 1.82) is 0 Å². The van der Waals surface area contributed by atoms with Crippen molar-refractivity contribution in [3.8, 4) is 23.3 Å². The molecule has 2 heterocycles. The summed E-state index contributed by atoms with van der Waals surface area (Å²) in [5, 5.41) is 22.5. The zero-order valence-electron chi connectivity index (χ0n) is 39.2. The van der Waals surface area contributed by atoms with Gasteiger partial charge in [-0.15, -0.1) is 0 Å². The van der Waals surface area contributed by atoms with Gasteiger partial charge in [0, 0.05) is 61.2 Å². The first-order chi connectivity index (χ1) is 31.2. The van der Waals surface area contributed by atoms with Crippen LogP contribution in [0.1, 0.15) is 74.9 Å². The molecular weight excluding hydrogens is 855 g/mol. The summed E-state index contributed by atoms with van der Waals surface area (Å²) < 4.78 is 67.2. The average molecular weight is 922 g/mol. The monoisotopic (exact) mass is 922 g/mol. The van der Waals surface area contributed by atoms with Crippen LogP contribution < -0.4 is 41.4 Å². The largest absolute Gasteiger partial charge is 0.495 e. The number of aliphatic hydroxyl groups excluding tert-OH is 1. The molecule has 1 saturated heterocycles. The molecule has 16 heteroatoms. The topological polar surface area (TPSA) is 153 Å². The van der Waals surface area contributed by atoms with E-state index in [0.717, 1.165) is 11.3 Å². The van der Waals surface area contributed by atoms with Crippen molar-refractivity contribution in [1.82, 2.24) is 15.5 Å². The highest BCUT2D eigenvalue weighted by Crippen LogP contribution is 2.35. The Balaban J connectivity index is 1.29. The van der Waals surface area contributed by atoms with Crippen LogP contribution in [-0.2, 0) is 17.6 Å². The summed E-state index contributed by atoms with van der Waals surface area (Å²) >= 11 is 0. The first-order valence-electron chi connectivity index (χ1n) is 22.6. The van der Waals surface area contributed by atoms with E-state index in [4.69, 9.17) is 15.2 Å². The van der Waals surface area contributed by atoms with Crippen molar-refractivity contribution in [3.05, 3.63) is 83.4 Å². The van der Waals surface area contributed by atoms with Gasteiger partial charge in [-0.05, 0) is 99.5 Å². The summed E-state index contributed by atoms with van der Waals surface area (Å²) in [6.45, 7) is 12.9. The normalized spacial score (nSPS) is 20.3. The summed E-state index contributed by atoms with van der Waals surface area (Å²) in [6, 6.07) is 14.5. The van der Waals surface area contributed by atoms with Crippen LogP contribution in [0.5, 0.6) is 11.5 Å². The number of nitrogens with two attached hydrogens (primary N) is 1. The number of hydrogen-bond donors (Lipinski definition) is 6. The number of hydrogen-bond acceptors (Lipinski definition) is 10. The molecule has 7 N–H and O–H groups in total. The van der Waals surface area contributed by atoms with Gasteiger partial charge >= 0.3 is 6.18 Å². The molecule has 3 aromatic carbocycles. The van der Waals surface area contributed by atoms with E-state index >= 15 is 4.39 Å². The van der Waals surface area contributed by atoms with Gasteiger partial charge in [0.25, 0.3) is 5.91 Å². The Morgan fingerprint density at radius 2 is 1.88 bits per heavy atom. The molecule has 0 saturated carbocycles. The number of nitrogens with zero attached hydrogens (tertiary/aromatic N) is 2. The molecule has 66 heavy (non-hydrogen) atoms. The second-order valence-electron chi connectivity index (χ2n) is 18.1. The molecule has 1 unspecified atom stereocenters. The van der Waals surface area contributed by atoms with Crippen molar-refractivity contribution < 1.29 is 41.7 Å². The number of carbonyl (C=O) groups is 2. The van der Waals surface area contributed by atoms with Crippen LogP contribution in [0.3, 0.4) is 0 Å². The number of piperidine rings is 1. The number of anilines is 4. The minimum atomic E-state index is -4.38. The Kier molecular flexibility index (Phi) is 17.6. The van der Waals surface area contributed by atoms with Crippen LogP contribution in [0, 0.1) is 23.7 Å². The minimum Gasteiger partial charge on any atom is -0.495 e. The number of aliphatic hydroxyl groups is 1. The van der Waals surface area contributed by atoms with E-state index in [1.165, 1.54) is 7.11 Å². The number of likely N-dealkylation sites (tertiary alicyclic amines) is 1. The molecule has 5 rings (SSSR count). The maximum absolute atomic E-state index is 15.0. The van der Waals surface area contributed by atoms with Crippen LogP contribution in [0.25, 0.3) is 0 Å². The molecule has 2 aliphatic heterocycles. The second kappa shape index (κ2) is 22.7. The Morgan fingerprint density at radius 3 is 2.55 bits per heavy atom. The van der Waals surface area contributed by atoms with Crippen molar-refractivity contribution in [2.45, 2.75) is 102 Å². The molecular formula is C50H67F4N7O5. The number of ether oxygens (including phenoxy) is 2. The smallest absolute Gasteiger partial charge is 0.389 e. The molecule has 0 spiro atoms. The summed E-state index contributed by atoms with van der Waals surface area (Å²) in [7, 11) is 5.24. The fraction of sp³-hybridized carbons (Fsp3) is 0.520. The van der Waals surface area contributed by atoms with Gasteiger partial charge in [0.1, 0.15) is 29.3 Å². The molecule has 12 nitrogen and oxygen atoms in total. The molecule has 2 amide bonds. The lowest BCUT2D eigenvalue weighted by Gasteiger charge is -2.37. The Labute approximate surface area is 387 Å². The van der Waals surface area contributed by atoms with Gasteiger partial charge in [0.2, 0.25) is 5.91 Å². The van der Waals surface area contributed by atoms with Gasteiger partial charge in [0.15, 0.2) is 0 Å². The Bertz CT molecular complexity index is 2230. The van der Waals surface area contributed by atoms with E-state index in [9.17, 15) is 27.9 Å². The maximum atomic E-state index is 15.0. The molecule has 3 aromatic rings. The van der Waals surface area contributed by atoms with Crippen LogP contribution in [0.4, 0.5) is 40.3 Å². The molecule has 0 radical (unpaired) electrons. The van der Waals surface area contributed by atoms with Gasteiger partial charge in [-0.1, -0.05) is 56.9 Å². The van der Waals surface area contributed by atoms with Crippen molar-refractivity contribution in [2.75, 3.05) is 75.3 Å². The number of amides is 2. The number of fused-ring (bicyclic) bond motifs is 1. The Hall–Kier alpha value is -5.66. The number of allylic oxidation sites excluding steroid dienone is 1. The lowest BCUT2D eigenvalue weighted by atomic mass is 9.88. The van der Waals surface area contributed by atoms with E-state index in [1.807, 2.05) is 69.8 Å². The predicted octanol–water partition coefficient (Wildman–Crippen LogP) is 7.38. The average Bonchev–Trinajstić information content (AvgIpc) is 3.26. The van der Waals surface area contributed by atoms with Gasteiger partial charge < -0.3 is 51.4 Å². The maximum Gasteiger partial charge on any atom is 0.389 e. The first kappa shape index (κ1) is 51.3. The molecule has 0 aromatic heterocycles. The number of nitrogen functional groups attached to an aromatic ring is 1. The highest BCUT2D eigenvalue weighted by atomic mass is 19.4. The quantitative estimate of drug-likeness (QED) is 0.0330. The number of nitrogens with one attached hydrogen (secondary N) is 4. The van der Waals surface area contributed by atoms with Crippen molar-refractivity contribution >= 4 is 34.6 Å². The van der Waals surface area contributed by atoms with E-state index in [-0.39, 0.29) is 56.8 Å². The standard InChI is InChI=1S/C50H67F4N7O5/c1-9-49(5,66-37-17-15-34-24-36(29-62)58-48(64)46(31(2)3)61(7)44(34)27-37)30-57-47(63)35-16-18-45(65-8)43(26-35)56-22-11-12-33(32(4)19-21-50(52,53)54)25-38-40(55)13-10-14-41(38)59-42-20-23-60(6)28-39(42)51/h10,13-18,26-27,31,33,36,39,42,46,56,59,62H,4,9,19-25,28-30,55H2,1-3,5-8H3,(H,57,63)(H,58,64)/t33?,36-,39-,42+,46-,49+/m1/s1. The lowest BCUT2D eigenvalue weighted by molar-refractivity contribution is -0.134. The fourth-order valence-electron chi connectivity index (χ4n) is 8.45. The van der Waals surface area contributed by atoms with Gasteiger partial charge in [0.05, 0.1) is 44.6 Å². The SMILES string of the molecule is C=C(CCC(F)(F)F)C(C#CCNc1cc(C(=O)NC[C@](C)(CC)Oc2ccc3c(c2)N(C)[C@H](C(C)C)C(=O)N[C@@H](CO)C3)ccc1OC)Cc1c(N)cccc1N[C@H]1CCN(C)C[C@H]1F. The van der Waals surface area contributed by atoms with E-state index in [0.29, 0.717) is 71.1 Å². The van der Waals surface area contributed by atoms with Crippen molar-refractivity contribution in [2.24, 2.45) is 11.8 Å². The predicted molar refractivity (Wildman–Crippen MR) is 254 cm³/mol. The zero-order chi connectivity index (χ0) is 48.3. The van der Waals surface area contributed by atoms with Crippen LogP contribution in [-0.4, -0.2) is 112 Å². The lowest BCUT2D eigenvalue weighted by Crippen LogP contribution is -2.54. The highest BCUT2D eigenvalue weighted by molar-refractivity contribution is 5.95. The molecule has 360 valence electrons. The van der Waals surface area contributed by atoms with E-state index in [2.05, 4.69) is 39.7 Å². The van der Waals surface area contributed by atoms with Gasteiger partial charge in [-0.25, -0.2) is 4.39 Å². The summed E-state index contributed by atoms with van der Waals surface area (Å²) in [5.41, 5.74) is 10.2. The Morgan fingerprint density at radius 1 is 1.12 bits per heavy atom. The number of alkyl halides is 4. The molecule has 6 atom stereocenters. The fourth-order valence-corrected chi connectivity index (χ4v) is 8.45. The summed E-state index contributed by atoms with van der Waals surface area (Å²) in [6.07, 6.45) is -5.15. The van der Waals surface area contributed by atoms with Crippen molar-refractivity contribution in [3.63, 3.8) is 0 Å². The highest BCUT2D eigenvalue weighted by Gasteiger charge is 2.34. The number of rotatable bonds is 18. The number of methoxy groups -OCH3 is 1. The third-order valence-electron chi connectivity index (χ3n) is 12.6. The van der Waals surface area contributed by atoms with E-state index < -0.39 is 48.4 Å². The first-order valence-corrected chi connectivity index (χ1v) is 22.6. The molecule has 0 bridgehead atoms. The summed E-state index contributed by atoms with van der Waals surface area (Å²) in [5.74, 6) is 5.95. The second-order valence-corrected chi connectivity index (χ2v) is 18.1. The molecule has 1 fully saturated rings. The number of halogens is 4. The molecule has 2 aliphatic rings.